The average molecular weight is 271 g/mol. The van der Waals surface area contributed by atoms with Crippen molar-refractivity contribution in [3.8, 4) is 0 Å². The third-order valence-electron chi connectivity index (χ3n) is 2.96. The maximum atomic E-state index is 11.5. The quantitative estimate of drug-likeness (QED) is 0.830. The van der Waals surface area contributed by atoms with E-state index in [0.29, 0.717) is 5.75 Å². The fourth-order valence-electron chi connectivity index (χ4n) is 1.97. The number of carbonyl (C=O) groups excluding carboxylic acids is 1. The van der Waals surface area contributed by atoms with Crippen LogP contribution in [0, 0.1) is 0 Å². The molecule has 1 aromatic carbocycles. The van der Waals surface area contributed by atoms with Gasteiger partial charge in [-0.3, -0.25) is 4.79 Å². The molecule has 0 aromatic heterocycles. The van der Waals surface area contributed by atoms with E-state index in [1.165, 1.54) is 0 Å². The van der Waals surface area contributed by atoms with Crippen molar-refractivity contribution in [1.82, 2.24) is 4.90 Å². The largest absolute Gasteiger partial charge is 0.368 e. The fraction of sp³-hybridized carbons (Fsp3) is 0.417. The van der Waals surface area contributed by atoms with Crippen LogP contribution in [-0.2, 0) is 4.79 Å². The standard InChI is InChI=1S/C12H15ClN2OS/c13-10-1-3-11(4-2-10)14-5-7-15(8-6-14)12(16)9-17/h1-4,17H,5-9H2. The molecule has 1 fully saturated rings. The number of benzene rings is 1. The number of nitrogens with zero attached hydrogens (tertiary/aromatic N) is 2. The first-order valence-corrected chi connectivity index (χ1v) is 6.61. The van der Waals surface area contributed by atoms with Gasteiger partial charge in [0, 0.05) is 36.9 Å². The summed E-state index contributed by atoms with van der Waals surface area (Å²) < 4.78 is 0. The molecule has 0 spiro atoms. The van der Waals surface area contributed by atoms with E-state index in [2.05, 4.69) is 17.5 Å². The molecule has 5 heteroatoms. The molecule has 1 aliphatic rings. The van der Waals surface area contributed by atoms with Crippen molar-refractivity contribution in [1.29, 1.82) is 0 Å². The Bertz CT molecular complexity index is 388. The topological polar surface area (TPSA) is 23.6 Å². The summed E-state index contributed by atoms with van der Waals surface area (Å²) in [7, 11) is 0. The predicted octanol–water partition coefficient (Wildman–Crippen LogP) is 1.92. The Morgan fingerprint density at radius 1 is 1.18 bits per heavy atom. The molecule has 0 radical (unpaired) electrons. The molecular formula is C12H15ClN2OS. The number of carbonyl (C=O) groups is 1. The van der Waals surface area contributed by atoms with Gasteiger partial charge in [0.1, 0.15) is 0 Å². The van der Waals surface area contributed by atoms with Gasteiger partial charge in [0.25, 0.3) is 0 Å². The molecule has 1 amide bonds. The monoisotopic (exact) mass is 270 g/mol. The number of rotatable bonds is 2. The van der Waals surface area contributed by atoms with Gasteiger partial charge in [0.2, 0.25) is 5.91 Å². The number of amides is 1. The lowest BCUT2D eigenvalue weighted by atomic mass is 10.2. The molecule has 2 rings (SSSR count). The summed E-state index contributed by atoms with van der Waals surface area (Å²) >= 11 is 9.86. The van der Waals surface area contributed by atoms with Crippen LogP contribution in [0.1, 0.15) is 0 Å². The number of halogens is 1. The van der Waals surface area contributed by atoms with Crippen molar-refractivity contribution in [3.05, 3.63) is 29.3 Å². The highest BCUT2D eigenvalue weighted by atomic mass is 35.5. The van der Waals surface area contributed by atoms with Gasteiger partial charge in [-0.1, -0.05) is 11.6 Å². The lowest BCUT2D eigenvalue weighted by Gasteiger charge is -2.36. The van der Waals surface area contributed by atoms with E-state index < -0.39 is 0 Å². The molecular weight excluding hydrogens is 256 g/mol. The molecule has 0 saturated carbocycles. The van der Waals surface area contributed by atoms with Gasteiger partial charge in [-0.25, -0.2) is 0 Å². The third-order valence-corrected chi connectivity index (χ3v) is 3.48. The fourth-order valence-corrected chi connectivity index (χ4v) is 2.29. The van der Waals surface area contributed by atoms with Crippen molar-refractivity contribution in [3.63, 3.8) is 0 Å². The number of hydrogen-bond donors (Lipinski definition) is 1. The van der Waals surface area contributed by atoms with Gasteiger partial charge in [0.05, 0.1) is 5.75 Å². The summed E-state index contributed by atoms with van der Waals surface area (Å²) in [4.78, 5) is 15.6. The highest BCUT2D eigenvalue weighted by Gasteiger charge is 2.19. The summed E-state index contributed by atoms with van der Waals surface area (Å²) in [6.45, 7) is 3.26. The summed E-state index contributed by atoms with van der Waals surface area (Å²) in [6.07, 6.45) is 0. The van der Waals surface area contributed by atoms with Crippen molar-refractivity contribution in [2.24, 2.45) is 0 Å². The van der Waals surface area contributed by atoms with E-state index in [9.17, 15) is 4.79 Å². The maximum Gasteiger partial charge on any atom is 0.232 e. The van der Waals surface area contributed by atoms with Gasteiger partial charge >= 0.3 is 0 Å². The molecule has 0 N–H and O–H groups in total. The maximum absolute atomic E-state index is 11.5. The molecule has 1 saturated heterocycles. The minimum atomic E-state index is 0.115. The molecule has 3 nitrogen and oxygen atoms in total. The van der Waals surface area contributed by atoms with Crippen LogP contribution in [-0.4, -0.2) is 42.7 Å². The number of piperazine rings is 1. The molecule has 0 atom stereocenters. The van der Waals surface area contributed by atoms with E-state index in [0.717, 1.165) is 36.9 Å². The first-order valence-electron chi connectivity index (χ1n) is 5.60. The molecule has 92 valence electrons. The number of anilines is 1. The molecule has 0 aliphatic carbocycles. The second-order valence-electron chi connectivity index (χ2n) is 4.00. The normalized spacial score (nSPS) is 16.1. The molecule has 1 aromatic rings. The SMILES string of the molecule is O=C(CS)N1CCN(c2ccc(Cl)cc2)CC1. The first kappa shape index (κ1) is 12.6. The Kier molecular flexibility index (Phi) is 4.18. The molecule has 0 unspecified atom stereocenters. The van der Waals surface area contributed by atoms with E-state index in [4.69, 9.17) is 11.6 Å². The second-order valence-corrected chi connectivity index (χ2v) is 4.76. The van der Waals surface area contributed by atoms with Crippen molar-refractivity contribution < 1.29 is 4.79 Å². The second kappa shape index (κ2) is 5.65. The predicted molar refractivity (Wildman–Crippen MR) is 74.1 cm³/mol. The van der Waals surface area contributed by atoms with Gasteiger partial charge in [-0.2, -0.15) is 12.6 Å². The zero-order valence-electron chi connectivity index (χ0n) is 9.47. The Balaban J connectivity index is 1.95. The van der Waals surface area contributed by atoms with E-state index >= 15 is 0 Å². The zero-order valence-corrected chi connectivity index (χ0v) is 11.1. The highest BCUT2D eigenvalue weighted by Crippen LogP contribution is 2.19. The van der Waals surface area contributed by atoms with Crippen LogP contribution < -0.4 is 4.90 Å². The average Bonchev–Trinajstić information content (AvgIpc) is 2.39. The van der Waals surface area contributed by atoms with Crippen LogP contribution in [0.15, 0.2) is 24.3 Å². The summed E-state index contributed by atoms with van der Waals surface area (Å²) in [5.74, 6) is 0.408. The number of hydrogen-bond acceptors (Lipinski definition) is 3. The Morgan fingerprint density at radius 2 is 1.76 bits per heavy atom. The van der Waals surface area contributed by atoms with Gasteiger partial charge < -0.3 is 9.80 Å². The Labute approximate surface area is 112 Å². The van der Waals surface area contributed by atoms with Crippen molar-refractivity contribution in [2.75, 3.05) is 36.8 Å². The molecule has 1 aliphatic heterocycles. The van der Waals surface area contributed by atoms with Crippen LogP contribution in [0.5, 0.6) is 0 Å². The highest BCUT2D eigenvalue weighted by molar-refractivity contribution is 7.81. The van der Waals surface area contributed by atoms with E-state index in [-0.39, 0.29) is 5.91 Å². The molecule has 17 heavy (non-hydrogen) atoms. The van der Waals surface area contributed by atoms with Crippen LogP contribution in [0.2, 0.25) is 5.02 Å². The van der Waals surface area contributed by atoms with Crippen LogP contribution >= 0.6 is 24.2 Å². The minimum Gasteiger partial charge on any atom is -0.368 e. The minimum absolute atomic E-state index is 0.115. The summed E-state index contributed by atoms with van der Waals surface area (Å²) in [6, 6.07) is 7.81. The Hall–Kier alpha value is -0.870. The van der Waals surface area contributed by atoms with Crippen molar-refractivity contribution >= 4 is 35.8 Å². The van der Waals surface area contributed by atoms with Crippen LogP contribution in [0.25, 0.3) is 0 Å². The summed E-state index contributed by atoms with van der Waals surface area (Å²) in [5, 5.41) is 0.748. The smallest absolute Gasteiger partial charge is 0.232 e. The van der Waals surface area contributed by atoms with E-state index in [1.807, 2.05) is 29.2 Å². The van der Waals surface area contributed by atoms with E-state index in [1.54, 1.807) is 0 Å². The van der Waals surface area contributed by atoms with Crippen molar-refractivity contribution in [2.45, 2.75) is 0 Å². The molecule has 0 bridgehead atoms. The first-order chi connectivity index (χ1) is 8.20. The lowest BCUT2D eigenvalue weighted by molar-refractivity contribution is -0.128. The number of thiol groups is 1. The zero-order chi connectivity index (χ0) is 12.3. The molecule has 1 heterocycles. The third kappa shape index (κ3) is 3.07. The van der Waals surface area contributed by atoms with Crippen LogP contribution in [0.3, 0.4) is 0 Å². The van der Waals surface area contributed by atoms with Crippen LogP contribution in [0.4, 0.5) is 5.69 Å². The van der Waals surface area contributed by atoms with Gasteiger partial charge in [-0.15, -0.1) is 0 Å². The Morgan fingerprint density at radius 3 is 2.29 bits per heavy atom. The van der Waals surface area contributed by atoms with Gasteiger partial charge in [0.15, 0.2) is 0 Å². The van der Waals surface area contributed by atoms with Gasteiger partial charge in [-0.05, 0) is 24.3 Å². The lowest BCUT2D eigenvalue weighted by Crippen LogP contribution is -2.49. The summed E-state index contributed by atoms with van der Waals surface area (Å²) in [5.41, 5.74) is 1.16.